The molecular formula is C10H12N2O. The van der Waals surface area contributed by atoms with Crippen LogP contribution in [-0.4, -0.2) is 12.1 Å². The Balaban J connectivity index is 2.63. The highest BCUT2D eigenvalue weighted by Gasteiger charge is 1.88. The molecule has 0 spiro atoms. The summed E-state index contributed by atoms with van der Waals surface area (Å²) in [6, 6.07) is 7.88. The molecule has 0 unspecified atom stereocenters. The van der Waals surface area contributed by atoms with Crippen LogP contribution in [0.5, 0.6) is 0 Å². The Morgan fingerprint density at radius 3 is 2.92 bits per heavy atom. The van der Waals surface area contributed by atoms with E-state index in [0.717, 1.165) is 5.56 Å². The van der Waals surface area contributed by atoms with E-state index in [9.17, 15) is 4.79 Å². The molecule has 0 aliphatic carbocycles. The van der Waals surface area contributed by atoms with Gasteiger partial charge in [-0.2, -0.15) is 5.10 Å². The second-order valence-electron chi connectivity index (χ2n) is 2.84. The molecule has 0 atom stereocenters. The molecule has 1 rings (SSSR count). The Bertz CT molecular complexity index is 331. The van der Waals surface area contributed by atoms with E-state index in [-0.39, 0.29) is 5.91 Å². The Morgan fingerprint density at radius 2 is 2.31 bits per heavy atom. The number of hydrogen-bond donors (Lipinski definition) is 1. The molecule has 0 aromatic heterocycles. The molecular weight excluding hydrogens is 164 g/mol. The van der Waals surface area contributed by atoms with E-state index in [1.54, 1.807) is 6.21 Å². The first-order chi connectivity index (χ1) is 6.18. The fourth-order valence-corrected chi connectivity index (χ4v) is 0.948. The average molecular weight is 176 g/mol. The van der Waals surface area contributed by atoms with Crippen LogP contribution in [0.1, 0.15) is 18.1 Å². The lowest BCUT2D eigenvalue weighted by Crippen LogP contribution is -2.12. The Hall–Kier alpha value is -1.64. The summed E-state index contributed by atoms with van der Waals surface area (Å²) in [5.41, 5.74) is 4.50. The van der Waals surface area contributed by atoms with Gasteiger partial charge in [0.15, 0.2) is 0 Å². The van der Waals surface area contributed by atoms with Gasteiger partial charge in [-0.05, 0) is 12.5 Å². The molecule has 1 aromatic carbocycles. The standard InChI is InChI=1S/C10H12N2O/c1-8-4-3-5-10(6-8)7-11-12-9(2)13/h3-7H,1-2H3,(H,12,13)/b11-7+. The van der Waals surface area contributed by atoms with E-state index in [0.29, 0.717) is 0 Å². The molecule has 0 aliphatic heterocycles. The van der Waals surface area contributed by atoms with Crippen molar-refractivity contribution in [3.05, 3.63) is 35.4 Å². The number of hydrazone groups is 1. The predicted molar refractivity (Wildman–Crippen MR) is 52.6 cm³/mol. The molecule has 0 bridgehead atoms. The van der Waals surface area contributed by atoms with Gasteiger partial charge in [0.05, 0.1) is 6.21 Å². The summed E-state index contributed by atoms with van der Waals surface area (Å²) in [5, 5.41) is 3.76. The summed E-state index contributed by atoms with van der Waals surface area (Å²) < 4.78 is 0. The molecule has 1 N–H and O–H groups in total. The molecule has 1 aromatic rings. The van der Waals surface area contributed by atoms with Gasteiger partial charge in [0.2, 0.25) is 5.91 Å². The normalized spacial score (nSPS) is 10.3. The lowest BCUT2D eigenvalue weighted by atomic mass is 10.2. The first kappa shape index (κ1) is 9.45. The van der Waals surface area contributed by atoms with Crippen LogP contribution in [0.3, 0.4) is 0 Å². The molecule has 0 radical (unpaired) electrons. The van der Waals surface area contributed by atoms with Crippen LogP contribution in [0.2, 0.25) is 0 Å². The van der Waals surface area contributed by atoms with E-state index in [2.05, 4.69) is 10.5 Å². The van der Waals surface area contributed by atoms with Crippen molar-refractivity contribution in [3.63, 3.8) is 0 Å². The minimum absolute atomic E-state index is 0.163. The lowest BCUT2D eigenvalue weighted by molar-refractivity contribution is -0.118. The van der Waals surface area contributed by atoms with Crippen molar-refractivity contribution in [2.45, 2.75) is 13.8 Å². The molecule has 0 heterocycles. The van der Waals surface area contributed by atoms with Gasteiger partial charge in [0.1, 0.15) is 0 Å². The molecule has 3 nitrogen and oxygen atoms in total. The Kier molecular flexibility index (Phi) is 3.20. The van der Waals surface area contributed by atoms with Gasteiger partial charge in [-0.3, -0.25) is 4.79 Å². The first-order valence-corrected chi connectivity index (χ1v) is 4.05. The first-order valence-electron chi connectivity index (χ1n) is 4.05. The molecule has 0 aliphatic rings. The molecule has 3 heteroatoms. The Morgan fingerprint density at radius 1 is 1.54 bits per heavy atom. The van der Waals surface area contributed by atoms with Crippen LogP contribution in [-0.2, 0) is 4.79 Å². The molecule has 68 valence electrons. The number of amides is 1. The van der Waals surface area contributed by atoms with Crippen LogP contribution in [0.25, 0.3) is 0 Å². The summed E-state index contributed by atoms with van der Waals surface area (Å²) in [5.74, 6) is -0.163. The summed E-state index contributed by atoms with van der Waals surface area (Å²) in [4.78, 5) is 10.5. The Labute approximate surface area is 77.5 Å². The van der Waals surface area contributed by atoms with Gasteiger partial charge >= 0.3 is 0 Å². The largest absolute Gasteiger partial charge is 0.274 e. The van der Waals surface area contributed by atoms with Crippen LogP contribution in [0.4, 0.5) is 0 Å². The topological polar surface area (TPSA) is 41.5 Å². The van der Waals surface area contributed by atoms with Crippen molar-refractivity contribution in [1.82, 2.24) is 5.43 Å². The minimum Gasteiger partial charge on any atom is -0.274 e. The van der Waals surface area contributed by atoms with E-state index in [1.807, 2.05) is 31.2 Å². The summed E-state index contributed by atoms with van der Waals surface area (Å²) in [6.07, 6.45) is 1.62. The van der Waals surface area contributed by atoms with Crippen molar-refractivity contribution in [1.29, 1.82) is 0 Å². The van der Waals surface area contributed by atoms with Gasteiger partial charge in [0.25, 0.3) is 0 Å². The van der Waals surface area contributed by atoms with Crippen molar-refractivity contribution >= 4 is 12.1 Å². The maximum Gasteiger partial charge on any atom is 0.236 e. The van der Waals surface area contributed by atoms with E-state index in [4.69, 9.17) is 0 Å². The molecule has 0 saturated carbocycles. The number of carbonyl (C=O) groups excluding carboxylic acids is 1. The third-order valence-corrected chi connectivity index (χ3v) is 1.48. The number of hydrogen-bond acceptors (Lipinski definition) is 2. The predicted octanol–water partition coefficient (Wildman–Crippen LogP) is 1.47. The monoisotopic (exact) mass is 176 g/mol. The fraction of sp³-hybridized carbons (Fsp3) is 0.200. The van der Waals surface area contributed by atoms with Gasteiger partial charge in [-0.1, -0.05) is 29.8 Å². The number of aryl methyl sites for hydroxylation is 1. The second kappa shape index (κ2) is 4.40. The number of rotatable bonds is 2. The number of nitrogens with one attached hydrogen (secondary N) is 1. The summed E-state index contributed by atoms with van der Waals surface area (Å²) in [7, 11) is 0. The zero-order valence-corrected chi connectivity index (χ0v) is 7.74. The van der Waals surface area contributed by atoms with Crippen molar-refractivity contribution < 1.29 is 4.79 Å². The van der Waals surface area contributed by atoms with Gasteiger partial charge < -0.3 is 0 Å². The highest BCUT2D eigenvalue weighted by Crippen LogP contribution is 2.00. The lowest BCUT2D eigenvalue weighted by Gasteiger charge is -1.94. The molecule has 0 fully saturated rings. The average Bonchev–Trinajstić information content (AvgIpc) is 2.03. The molecule has 1 amide bonds. The quantitative estimate of drug-likeness (QED) is 0.538. The fourth-order valence-electron chi connectivity index (χ4n) is 0.948. The third-order valence-electron chi connectivity index (χ3n) is 1.48. The number of carbonyl (C=O) groups is 1. The van der Waals surface area contributed by atoms with Crippen molar-refractivity contribution in [2.75, 3.05) is 0 Å². The zero-order valence-electron chi connectivity index (χ0n) is 7.74. The summed E-state index contributed by atoms with van der Waals surface area (Å²) in [6.45, 7) is 3.43. The van der Waals surface area contributed by atoms with Gasteiger partial charge in [-0.25, -0.2) is 5.43 Å². The highest BCUT2D eigenvalue weighted by molar-refractivity contribution is 5.81. The zero-order chi connectivity index (χ0) is 9.68. The van der Waals surface area contributed by atoms with E-state index >= 15 is 0 Å². The van der Waals surface area contributed by atoms with Crippen LogP contribution < -0.4 is 5.43 Å². The van der Waals surface area contributed by atoms with Crippen molar-refractivity contribution in [3.8, 4) is 0 Å². The third kappa shape index (κ3) is 3.51. The number of benzene rings is 1. The second-order valence-corrected chi connectivity index (χ2v) is 2.84. The van der Waals surface area contributed by atoms with Crippen LogP contribution >= 0.6 is 0 Å². The van der Waals surface area contributed by atoms with Crippen LogP contribution in [0, 0.1) is 6.92 Å². The number of nitrogens with zero attached hydrogens (tertiary/aromatic N) is 1. The highest BCUT2D eigenvalue weighted by atomic mass is 16.2. The SMILES string of the molecule is CC(=O)N/N=C/c1cccc(C)c1. The maximum absolute atomic E-state index is 10.5. The molecule has 0 saturated heterocycles. The van der Waals surface area contributed by atoms with E-state index < -0.39 is 0 Å². The van der Waals surface area contributed by atoms with Crippen LogP contribution in [0.15, 0.2) is 29.4 Å². The maximum atomic E-state index is 10.5. The minimum atomic E-state index is -0.163. The smallest absolute Gasteiger partial charge is 0.236 e. The summed E-state index contributed by atoms with van der Waals surface area (Å²) >= 11 is 0. The van der Waals surface area contributed by atoms with Crippen molar-refractivity contribution in [2.24, 2.45) is 5.10 Å². The molecule has 13 heavy (non-hydrogen) atoms. The van der Waals surface area contributed by atoms with Gasteiger partial charge in [0, 0.05) is 6.92 Å². The van der Waals surface area contributed by atoms with Gasteiger partial charge in [-0.15, -0.1) is 0 Å². The van der Waals surface area contributed by atoms with E-state index in [1.165, 1.54) is 12.5 Å².